The van der Waals surface area contributed by atoms with Gasteiger partial charge in [0, 0.05) is 43.9 Å². The van der Waals surface area contributed by atoms with E-state index >= 15 is 0 Å². The lowest BCUT2D eigenvalue weighted by Crippen LogP contribution is -2.48. The smallest absolute Gasteiger partial charge is 0.271 e. The molecule has 2 aromatic carbocycles. The van der Waals surface area contributed by atoms with Gasteiger partial charge < -0.3 is 14.5 Å². The third-order valence-corrected chi connectivity index (χ3v) is 4.69. The van der Waals surface area contributed by atoms with Crippen molar-refractivity contribution >= 4 is 28.9 Å². The van der Waals surface area contributed by atoms with Crippen LogP contribution in [0.5, 0.6) is 5.75 Å². The van der Waals surface area contributed by atoms with E-state index in [-0.39, 0.29) is 11.6 Å². The van der Waals surface area contributed by atoms with E-state index in [1.807, 2.05) is 4.90 Å². The molecule has 0 saturated carbocycles. The van der Waals surface area contributed by atoms with Crippen LogP contribution < -0.4 is 9.64 Å². The Morgan fingerprint density at radius 3 is 2.31 bits per heavy atom. The molecule has 2 aromatic rings. The largest absolute Gasteiger partial charge is 0.497 e. The minimum atomic E-state index is -0.471. The second-order valence-electron chi connectivity index (χ2n) is 5.90. The maximum Gasteiger partial charge on any atom is 0.271 e. The second-order valence-corrected chi connectivity index (χ2v) is 6.31. The molecule has 1 fully saturated rings. The first-order valence-corrected chi connectivity index (χ1v) is 8.49. The van der Waals surface area contributed by atoms with Crippen molar-refractivity contribution in [1.29, 1.82) is 0 Å². The Balaban J connectivity index is 1.65. The van der Waals surface area contributed by atoms with Crippen LogP contribution in [0.2, 0.25) is 5.02 Å². The number of amides is 1. The summed E-state index contributed by atoms with van der Waals surface area (Å²) in [5.74, 6) is 0.682. The topological polar surface area (TPSA) is 75.9 Å². The molecule has 1 amide bonds. The Kier molecular flexibility index (Phi) is 5.27. The molecular weight excluding hydrogens is 358 g/mol. The molecule has 8 heteroatoms. The SMILES string of the molecule is COc1ccc(C(=O)N2CCN(c3ccc([N+](=O)[O-])cc3Cl)CC2)cc1. The number of hydrogen-bond donors (Lipinski definition) is 0. The van der Waals surface area contributed by atoms with Crippen LogP contribution in [0.3, 0.4) is 0 Å². The van der Waals surface area contributed by atoms with Crippen LogP contribution in [0.1, 0.15) is 10.4 Å². The maximum absolute atomic E-state index is 12.6. The molecule has 0 atom stereocenters. The standard InChI is InChI=1S/C18H18ClN3O4/c1-26-15-5-2-13(3-6-15)18(23)21-10-8-20(9-11-21)17-7-4-14(22(24)25)12-16(17)19/h2-7,12H,8-11H2,1H3. The number of non-ortho nitro benzene ring substituents is 1. The third kappa shape index (κ3) is 3.72. The van der Waals surface area contributed by atoms with Crippen LogP contribution >= 0.6 is 11.6 Å². The number of methoxy groups -OCH3 is 1. The van der Waals surface area contributed by atoms with Crippen LogP contribution in [-0.2, 0) is 0 Å². The zero-order valence-corrected chi connectivity index (χ0v) is 15.0. The van der Waals surface area contributed by atoms with Gasteiger partial charge in [-0.2, -0.15) is 0 Å². The van der Waals surface area contributed by atoms with E-state index in [0.717, 1.165) is 5.69 Å². The van der Waals surface area contributed by atoms with Gasteiger partial charge in [0.2, 0.25) is 0 Å². The summed E-state index contributed by atoms with van der Waals surface area (Å²) < 4.78 is 5.11. The quantitative estimate of drug-likeness (QED) is 0.605. The Bertz CT molecular complexity index is 818. The van der Waals surface area contributed by atoms with Gasteiger partial charge in [0.25, 0.3) is 11.6 Å². The fraction of sp³-hybridized carbons (Fsp3) is 0.278. The number of carbonyl (C=O) groups is 1. The molecule has 7 nitrogen and oxygen atoms in total. The average Bonchev–Trinajstić information content (AvgIpc) is 2.67. The summed E-state index contributed by atoms with van der Waals surface area (Å²) in [5.41, 5.74) is 1.33. The highest BCUT2D eigenvalue weighted by atomic mass is 35.5. The molecule has 0 aromatic heterocycles. The minimum absolute atomic E-state index is 0.0258. The molecule has 26 heavy (non-hydrogen) atoms. The Morgan fingerprint density at radius 1 is 1.12 bits per heavy atom. The highest BCUT2D eigenvalue weighted by Gasteiger charge is 2.24. The molecule has 0 unspecified atom stereocenters. The average molecular weight is 376 g/mol. The van der Waals surface area contributed by atoms with Gasteiger partial charge in [-0.1, -0.05) is 11.6 Å². The molecule has 1 saturated heterocycles. The molecule has 1 aliphatic heterocycles. The van der Waals surface area contributed by atoms with Crippen molar-refractivity contribution in [3.63, 3.8) is 0 Å². The number of nitro groups is 1. The van der Waals surface area contributed by atoms with Gasteiger partial charge in [0.1, 0.15) is 5.75 Å². The maximum atomic E-state index is 12.6. The summed E-state index contributed by atoms with van der Waals surface area (Å²) in [6, 6.07) is 11.5. The van der Waals surface area contributed by atoms with Gasteiger partial charge in [-0.3, -0.25) is 14.9 Å². The molecule has 0 radical (unpaired) electrons. The van der Waals surface area contributed by atoms with Gasteiger partial charge in [-0.05, 0) is 30.3 Å². The monoisotopic (exact) mass is 375 g/mol. The van der Waals surface area contributed by atoms with E-state index in [2.05, 4.69) is 0 Å². The van der Waals surface area contributed by atoms with E-state index in [1.165, 1.54) is 12.1 Å². The van der Waals surface area contributed by atoms with E-state index in [4.69, 9.17) is 16.3 Å². The van der Waals surface area contributed by atoms with Crippen LogP contribution in [-0.4, -0.2) is 49.0 Å². The zero-order valence-electron chi connectivity index (χ0n) is 14.2. The lowest BCUT2D eigenvalue weighted by molar-refractivity contribution is -0.384. The summed E-state index contributed by atoms with van der Waals surface area (Å²) in [7, 11) is 1.58. The van der Waals surface area contributed by atoms with E-state index < -0.39 is 4.92 Å². The normalized spacial score (nSPS) is 14.2. The van der Waals surface area contributed by atoms with Crippen molar-refractivity contribution in [2.45, 2.75) is 0 Å². The van der Waals surface area contributed by atoms with E-state index in [1.54, 1.807) is 42.3 Å². The van der Waals surface area contributed by atoms with Gasteiger partial charge >= 0.3 is 0 Å². The van der Waals surface area contributed by atoms with Gasteiger partial charge in [-0.25, -0.2) is 0 Å². The molecule has 0 spiro atoms. The van der Waals surface area contributed by atoms with Gasteiger partial charge in [0.05, 0.1) is 22.7 Å². The molecule has 136 valence electrons. The molecule has 0 bridgehead atoms. The first-order chi connectivity index (χ1) is 12.5. The first kappa shape index (κ1) is 18.0. The molecular formula is C18H18ClN3O4. The summed E-state index contributed by atoms with van der Waals surface area (Å²) in [6.07, 6.45) is 0. The number of nitrogens with zero attached hydrogens (tertiary/aromatic N) is 3. The summed E-state index contributed by atoms with van der Waals surface area (Å²) >= 11 is 6.19. The molecule has 1 heterocycles. The predicted molar refractivity (Wildman–Crippen MR) is 99.2 cm³/mol. The highest BCUT2D eigenvalue weighted by Crippen LogP contribution is 2.30. The van der Waals surface area contributed by atoms with Gasteiger partial charge in [0.15, 0.2) is 0 Å². The predicted octanol–water partition coefficient (Wildman–Crippen LogP) is 3.22. The molecule has 0 aliphatic carbocycles. The minimum Gasteiger partial charge on any atom is -0.497 e. The number of halogens is 1. The Hall–Kier alpha value is -2.80. The zero-order chi connectivity index (χ0) is 18.7. The van der Waals surface area contributed by atoms with E-state index in [0.29, 0.717) is 42.5 Å². The Morgan fingerprint density at radius 2 is 1.77 bits per heavy atom. The number of nitro benzene ring substituents is 1. The van der Waals surface area contributed by atoms with Crippen molar-refractivity contribution in [2.24, 2.45) is 0 Å². The number of hydrogen-bond acceptors (Lipinski definition) is 5. The first-order valence-electron chi connectivity index (χ1n) is 8.12. The summed E-state index contributed by atoms with van der Waals surface area (Å²) in [6.45, 7) is 2.33. The lowest BCUT2D eigenvalue weighted by Gasteiger charge is -2.36. The second kappa shape index (κ2) is 7.61. The fourth-order valence-corrected chi connectivity index (χ4v) is 3.23. The number of rotatable bonds is 4. The molecule has 3 rings (SSSR count). The van der Waals surface area contributed by atoms with Crippen LogP contribution in [0.15, 0.2) is 42.5 Å². The third-order valence-electron chi connectivity index (χ3n) is 4.39. The van der Waals surface area contributed by atoms with Crippen molar-refractivity contribution in [3.8, 4) is 5.75 Å². The number of piperazine rings is 1. The van der Waals surface area contributed by atoms with E-state index in [9.17, 15) is 14.9 Å². The number of benzene rings is 2. The van der Waals surface area contributed by atoms with Crippen LogP contribution in [0.4, 0.5) is 11.4 Å². The van der Waals surface area contributed by atoms with Crippen molar-refractivity contribution < 1.29 is 14.5 Å². The van der Waals surface area contributed by atoms with Crippen molar-refractivity contribution in [1.82, 2.24) is 4.90 Å². The van der Waals surface area contributed by atoms with Crippen molar-refractivity contribution in [3.05, 3.63) is 63.2 Å². The fourth-order valence-electron chi connectivity index (χ4n) is 2.93. The van der Waals surface area contributed by atoms with Gasteiger partial charge in [-0.15, -0.1) is 0 Å². The number of ether oxygens (including phenoxy) is 1. The summed E-state index contributed by atoms with van der Waals surface area (Å²) in [5, 5.41) is 11.2. The number of anilines is 1. The molecule has 0 N–H and O–H groups in total. The summed E-state index contributed by atoms with van der Waals surface area (Å²) in [4.78, 5) is 26.8. The van der Waals surface area contributed by atoms with Crippen LogP contribution in [0.25, 0.3) is 0 Å². The highest BCUT2D eigenvalue weighted by molar-refractivity contribution is 6.33. The lowest BCUT2D eigenvalue weighted by atomic mass is 10.1. The Labute approximate surface area is 155 Å². The number of carbonyl (C=O) groups excluding carboxylic acids is 1. The van der Waals surface area contributed by atoms with Crippen LogP contribution in [0, 0.1) is 10.1 Å². The van der Waals surface area contributed by atoms with Crippen molar-refractivity contribution in [2.75, 3.05) is 38.2 Å². The molecule has 1 aliphatic rings.